The van der Waals surface area contributed by atoms with Crippen molar-refractivity contribution in [2.75, 3.05) is 4.90 Å². The Bertz CT molecular complexity index is 1590. The molecule has 184 valence electrons. The number of nitrogens with zero attached hydrogens (tertiary/aromatic N) is 3. The standard InChI is InChI=1S/C28H22N4O4S/c1-2-18-7-11-21(12-8-18)31-27(34)24(26(33)29-28(31)37)15-20-17-30(25-6-4-3-5-23(20)25)16-19-9-13-22(14-10-19)32(35)36/h3-15,17H,2,16H2,1H3,(H,29,33,37)/b24-15+. The monoisotopic (exact) mass is 510 g/mol. The van der Waals surface area contributed by atoms with Crippen molar-refractivity contribution in [2.45, 2.75) is 19.9 Å². The maximum Gasteiger partial charge on any atom is 0.270 e. The number of carbonyl (C=O) groups excluding carboxylic acids is 2. The maximum atomic E-state index is 13.5. The van der Waals surface area contributed by atoms with Crippen molar-refractivity contribution in [1.82, 2.24) is 9.88 Å². The van der Waals surface area contributed by atoms with E-state index < -0.39 is 16.7 Å². The van der Waals surface area contributed by atoms with Crippen molar-refractivity contribution >= 4 is 57.5 Å². The third-order valence-electron chi connectivity index (χ3n) is 6.32. The van der Waals surface area contributed by atoms with E-state index >= 15 is 0 Å². The van der Waals surface area contributed by atoms with Crippen LogP contribution in [-0.4, -0.2) is 26.4 Å². The van der Waals surface area contributed by atoms with Crippen LogP contribution in [0.5, 0.6) is 0 Å². The second kappa shape index (κ2) is 9.79. The van der Waals surface area contributed by atoms with Gasteiger partial charge >= 0.3 is 0 Å². The summed E-state index contributed by atoms with van der Waals surface area (Å²) in [5.41, 5.74) is 4.19. The zero-order chi connectivity index (χ0) is 26.1. The molecule has 3 aromatic carbocycles. The van der Waals surface area contributed by atoms with Gasteiger partial charge in [0.1, 0.15) is 5.57 Å². The number of carbonyl (C=O) groups is 2. The number of aryl methyl sites for hydroxylation is 1. The third-order valence-corrected chi connectivity index (χ3v) is 6.61. The average Bonchev–Trinajstić information content (AvgIpc) is 3.24. The van der Waals surface area contributed by atoms with Gasteiger partial charge in [-0.2, -0.15) is 0 Å². The van der Waals surface area contributed by atoms with E-state index in [1.807, 2.05) is 66.2 Å². The lowest BCUT2D eigenvalue weighted by Gasteiger charge is -2.29. The Morgan fingerprint density at radius 2 is 1.65 bits per heavy atom. The summed E-state index contributed by atoms with van der Waals surface area (Å²) in [4.78, 5) is 38.2. The highest BCUT2D eigenvalue weighted by Gasteiger charge is 2.34. The molecule has 8 nitrogen and oxygen atoms in total. The summed E-state index contributed by atoms with van der Waals surface area (Å²) in [5, 5.41) is 14.5. The first-order chi connectivity index (χ1) is 17.9. The van der Waals surface area contributed by atoms with E-state index in [2.05, 4.69) is 5.32 Å². The highest BCUT2D eigenvalue weighted by Crippen LogP contribution is 2.28. The van der Waals surface area contributed by atoms with Crippen molar-refractivity contribution in [3.8, 4) is 0 Å². The topological polar surface area (TPSA) is 97.5 Å². The number of nitrogens with one attached hydrogen (secondary N) is 1. The highest BCUT2D eigenvalue weighted by atomic mass is 32.1. The molecule has 1 aliphatic rings. The molecule has 1 fully saturated rings. The molecule has 37 heavy (non-hydrogen) atoms. The number of hydrogen-bond donors (Lipinski definition) is 1. The molecule has 2 amide bonds. The average molecular weight is 511 g/mol. The van der Waals surface area contributed by atoms with Gasteiger partial charge in [0.15, 0.2) is 5.11 Å². The summed E-state index contributed by atoms with van der Waals surface area (Å²) < 4.78 is 1.99. The summed E-state index contributed by atoms with van der Waals surface area (Å²) in [6.07, 6.45) is 4.32. The summed E-state index contributed by atoms with van der Waals surface area (Å²) in [6, 6.07) is 21.5. The molecular weight excluding hydrogens is 488 g/mol. The SMILES string of the molecule is CCc1ccc(N2C(=O)/C(=C/c3cn(Cc4ccc([N+](=O)[O-])cc4)c4ccccc34)C(=O)NC2=S)cc1. The van der Waals surface area contributed by atoms with Gasteiger partial charge in [0, 0.05) is 41.3 Å². The predicted molar refractivity (Wildman–Crippen MR) is 146 cm³/mol. The van der Waals surface area contributed by atoms with Gasteiger partial charge in [-0.05, 0) is 54.0 Å². The molecule has 0 unspecified atom stereocenters. The molecule has 4 aromatic rings. The van der Waals surface area contributed by atoms with Crippen LogP contribution in [0.1, 0.15) is 23.6 Å². The Hall–Kier alpha value is -4.63. The number of para-hydroxylation sites is 1. The Morgan fingerprint density at radius 1 is 0.973 bits per heavy atom. The van der Waals surface area contributed by atoms with E-state index in [1.54, 1.807) is 18.2 Å². The number of thiocarbonyl (C=S) groups is 1. The summed E-state index contributed by atoms with van der Waals surface area (Å²) in [6.45, 7) is 2.51. The number of nitro groups is 1. The first-order valence-corrected chi connectivity index (χ1v) is 12.1. The van der Waals surface area contributed by atoms with Gasteiger partial charge in [0.25, 0.3) is 17.5 Å². The zero-order valence-electron chi connectivity index (χ0n) is 19.9. The molecule has 2 heterocycles. The number of rotatable bonds is 6. The van der Waals surface area contributed by atoms with Crippen LogP contribution in [0.2, 0.25) is 0 Å². The van der Waals surface area contributed by atoms with Gasteiger partial charge in [-0.3, -0.25) is 29.9 Å². The highest BCUT2D eigenvalue weighted by molar-refractivity contribution is 7.80. The van der Waals surface area contributed by atoms with E-state index in [1.165, 1.54) is 17.0 Å². The van der Waals surface area contributed by atoms with Gasteiger partial charge in [-0.25, -0.2) is 0 Å². The van der Waals surface area contributed by atoms with Crippen LogP contribution >= 0.6 is 12.2 Å². The Labute approximate surface area is 218 Å². The van der Waals surface area contributed by atoms with Crippen molar-refractivity contribution in [1.29, 1.82) is 0 Å². The Morgan fingerprint density at radius 3 is 2.32 bits per heavy atom. The minimum absolute atomic E-state index is 0.0218. The summed E-state index contributed by atoms with van der Waals surface area (Å²) in [7, 11) is 0. The van der Waals surface area contributed by atoms with E-state index in [4.69, 9.17) is 12.2 Å². The second-order valence-electron chi connectivity index (χ2n) is 8.63. The Kier molecular flexibility index (Phi) is 6.37. The minimum atomic E-state index is -0.552. The van der Waals surface area contributed by atoms with Gasteiger partial charge in [-0.15, -0.1) is 0 Å². The lowest BCUT2D eigenvalue weighted by molar-refractivity contribution is -0.384. The third kappa shape index (κ3) is 4.64. The van der Waals surface area contributed by atoms with Crippen molar-refractivity contribution in [3.05, 3.63) is 111 Å². The maximum absolute atomic E-state index is 13.5. The number of fused-ring (bicyclic) bond motifs is 1. The molecule has 1 saturated heterocycles. The number of anilines is 1. The van der Waals surface area contributed by atoms with Crippen LogP contribution < -0.4 is 10.2 Å². The van der Waals surface area contributed by atoms with Gasteiger partial charge in [0.2, 0.25) is 0 Å². The first kappa shape index (κ1) is 24.1. The van der Waals surface area contributed by atoms with E-state index in [0.29, 0.717) is 17.8 Å². The van der Waals surface area contributed by atoms with Gasteiger partial charge in [0.05, 0.1) is 10.6 Å². The fourth-order valence-corrected chi connectivity index (χ4v) is 4.65. The summed E-state index contributed by atoms with van der Waals surface area (Å²) in [5.74, 6) is -1.05. The van der Waals surface area contributed by atoms with E-state index in [0.717, 1.165) is 28.5 Å². The molecule has 1 N–H and O–H groups in total. The van der Waals surface area contributed by atoms with Crippen LogP contribution in [0.4, 0.5) is 11.4 Å². The van der Waals surface area contributed by atoms with Crippen LogP contribution in [0, 0.1) is 10.1 Å². The van der Waals surface area contributed by atoms with Gasteiger partial charge < -0.3 is 4.57 Å². The molecule has 1 aliphatic heterocycles. The molecule has 0 aliphatic carbocycles. The van der Waals surface area contributed by atoms with E-state index in [-0.39, 0.29) is 16.4 Å². The van der Waals surface area contributed by atoms with Crippen LogP contribution in [0.3, 0.4) is 0 Å². The number of non-ortho nitro benzene ring substituents is 1. The number of benzene rings is 3. The molecule has 5 rings (SSSR count). The molecule has 0 atom stereocenters. The van der Waals surface area contributed by atoms with Crippen molar-refractivity contribution < 1.29 is 14.5 Å². The lowest BCUT2D eigenvalue weighted by atomic mass is 10.1. The number of amides is 2. The predicted octanol–water partition coefficient (Wildman–Crippen LogP) is 4.99. The summed E-state index contributed by atoms with van der Waals surface area (Å²) >= 11 is 5.32. The molecular formula is C28H22N4O4S. The molecule has 0 saturated carbocycles. The lowest BCUT2D eigenvalue weighted by Crippen LogP contribution is -2.54. The fourth-order valence-electron chi connectivity index (χ4n) is 4.37. The minimum Gasteiger partial charge on any atom is -0.342 e. The molecule has 0 bridgehead atoms. The number of aromatic nitrogens is 1. The van der Waals surface area contributed by atoms with Crippen LogP contribution in [0.25, 0.3) is 17.0 Å². The quantitative estimate of drug-likeness (QED) is 0.130. The number of nitro benzene ring substituents is 1. The van der Waals surface area contributed by atoms with Crippen molar-refractivity contribution in [2.24, 2.45) is 0 Å². The second-order valence-corrected chi connectivity index (χ2v) is 9.02. The van der Waals surface area contributed by atoms with Gasteiger partial charge in [-0.1, -0.05) is 49.4 Å². The number of hydrogen-bond acceptors (Lipinski definition) is 5. The first-order valence-electron chi connectivity index (χ1n) is 11.7. The molecule has 0 radical (unpaired) electrons. The normalized spacial score (nSPS) is 14.9. The molecule has 9 heteroatoms. The molecule has 0 spiro atoms. The van der Waals surface area contributed by atoms with E-state index in [9.17, 15) is 19.7 Å². The van der Waals surface area contributed by atoms with Crippen LogP contribution in [0.15, 0.2) is 84.6 Å². The molecule has 1 aromatic heterocycles. The Balaban J connectivity index is 1.52. The van der Waals surface area contributed by atoms with Crippen molar-refractivity contribution in [3.63, 3.8) is 0 Å². The smallest absolute Gasteiger partial charge is 0.270 e. The zero-order valence-corrected chi connectivity index (χ0v) is 20.7. The van der Waals surface area contributed by atoms with Crippen LogP contribution in [-0.2, 0) is 22.6 Å². The largest absolute Gasteiger partial charge is 0.342 e. The fraction of sp³-hybridized carbons (Fsp3) is 0.107.